The van der Waals surface area contributed by atoms with Gasteiger partial charge in [0.05, 0.1) is 6.54 Å². The Morgan fingerprint density at radius 1 is 1.21 bits per heavy atom. The zero-order valence-corrected chi connectivity index (χ0v) is 18.6. The second-order valence-electron chi connectivity index (χ2n) is 7.13. The first kappa shape index (κ1) is 21.3. The fourth-order valence-electron chi connectivity index (χ4n) is 3.67. The summed E-state index contributed by atoms with van der Waals surface area (Å²) in [5.41, 5.74) is 0.173. The molecule has 1 saturated carbocycles. The predicted molar refractivity (Wildman–Crippen MR) is 118 cm³/mol. The Hall–Kier alpha value is -1.42. The van der Waals surface area contributed by atoms with E-state index in [1.54, 1.807) is 12.1 Å². The standard InChI is InChI=1S/C19H28N4O2S3/c1-2-21-18(22-13-15-8-9-17(27-15)28(20,24)25)23-14-19(10-4-3-5-11-19)16-7-6-12-26-16/h6-9,12H,2-5,10-11,13-14H2,1H3,(H2,20,24,25)(H2,21,22,23). The Labute approximate surface area is 175 Å². The van der Waals surface area contributed by atoms with Crippen molar-refractivity contribution in [3.05, 3.63) is 39.4 Å². The average Bonchev–Trinajstić information content (AvgIpc) is 3.36. The fourth-order valence-corrected chi connectivity index (χ4v) is 6.36. The van der Waals surface area contributed by atoms with Gasteiger partial charge in [0.25, 0.3) is 0 Å². The summed E-state index contributed by atoms with van der Waals surface area (Å²) in [5, 5.41) is 14.2. The maximum Gasteiger partial charge on any atom is 0.247 e. The summed E-state index contributed by atoms with van der Waals surface area (Å²) in [6.45, 7) is 4.08. The SMILES string of the molecule is CCNC(=NCc1ccc(S(N)(=O)=O)s1)NCC1(c2cccs2)CCCCC1. The molecule has 1 aliphatic carbocycles. The van der Waals surface area contributed by atoms with Crippen molar-refractivity contribution >= 4 is 38.7 Å². The summed E-state index contributed by atoms with van der Waals surface area (Å²) in [6.07, 6.45) is 6.23. The highest BCUT2D eigenvalue weighted by Crippen LogP contribution is 2.41. The lowest BCUT2D eigenvalue weighted by molar-refractivity contribution is 0.296. The third-order valence-electron chi connectivity index (χ3n) is 5.10. The van der Waals surface area contributed by atoms with Crippen LogP contribution in [0.3, 0.4) is 0 Å². The molecule has 0 aromatic carbocycles. The number of guanidine groups is 1. The number of nitrogens with two attached hydrogens (primary N) is 1. The summed E-state index contributed by atoms with van der Waals surface area (Å²) in [4.78, 5) is 6.97. The minimum atomic E-state index is -3.65. The van der Waals surface area contributed by atoms with Crippen LogP contribution < -0.4 is 15.8 Å². The zero-order valence-electron chi connectivity index (χ0n) is 16.1. The topological polar surface area (TPSA) is 96.6 Å². The average molecular weight is 441 g/mol. The van der Waals surface area contributed by atoms with Crippen molar-refractivity contribution in [3.8, 4) is 0 Å². The van der Waals surface area contributed by atoms with Gasteiger partial charge in [-0.1, -0.05) is 25.3 Å². The van der Waals surface area contributed by atoms with Gasteiger partial charge in [-0.2, -0.15) is 0 Å². The molecule has 4 N–H and O–H groups in total. The van der Waals surface area contributed by atoms with Gasteiger partial charge in [-0.25, -0.2) is 18.5 Å². The van der Waals surface area contributed by atoms with Gasteiger partial charge in [-0.15, -0.1) is 22.7 Å². The molecule has 0 spiro atoms. The van der Waals surface area contributed by atoms with E-state index in [2.05, 4.69) is 33.1 Å². The summed E-state index contributed by atoms with van der Waals surface area (Å²) in [5.74, 6) is 0.759. The molecule has 1 fully saturated rings. The number of thiophene rings is 2. The largest absolute Gasteiger partial charge is 0.357 e. The second kappa shape index (κ2) is 9.39. The lowest BCUT2D eigenvalue weighted by atomic mass is 9.73. The molecule has 154 valence electrons. The minimum Gasteiger partial charge on any atom is -0.357 e. The molecule has 0 atom stereocenters. The third-order valence-corrected chi connectivity index (χ3v) is 8.73. The Morgan fingerprint density at radius 3 is 2.61 bits per heavy atom. The van der Waals surface area contributed by atoms with E-state index >= 15 is 0 Å². The molecule has 0 bridgehead atoms. The van der Waals surface area contributed by atoms with Crippen LogP contribution in [0.1, 0.15) is 48.8 Å². The van der Waals surface area contributed by atoms with Crippen LogP contribution in [-0.4, -0.2) is 27.5 Å². The number of rotatable bonds is 7. The molecular weight excluding hydrogens is 412 g/mol. The van der Waals surface area contributed by atoms with E-state index in [0.717, 1.165) is 23.9 Å². The number of nitrogens with one attached hydrogen (secondary N) is 2. The number of hydrogen-bond acceptors (Lipinski definition) is 5. The van der Waals surface area contributed by atoms with Crippen molar-refractivity contribution in [2.45, 2.75) is 55.2 Å². The summed E-state index contributed by atoms with van der Waals surface area (Å²) >= 11 is 3.01. The van der Waals surface area contributed by atoms with Crippen molar-refractivity contribution in [2.24, 2.45) is 10.1 Å². The number of aliphatic imine (C=N–C) groups is 1. The molecule has 1 aliphatic rings. The number of primary sulfonamides is 1. The van der Waals surface area contributed by atoms with Crippen molar-refractivity contribution in [1.82, 2.24) is 10.6 Å². The Kier molecular flexibility index (Phi) is 7.14. The zero-order chi connectivity index (χ0) is 20.0. The lowest BCUT2D eigenvalue weighted by Crippen LogP contribution is -2.46. The van der Waals surface area contributed by atoms with E-state index in [1.807, 2.05) is 18.3 Å². The Balaban J connectivity index is 1.69. The predicted octanol–water partition coefficient (Wildman–Crippen LogP) is 3.41. The molecule has 3 rings (SSSR count). The van der Waals surface area contributed by atoms with Gasteiger partial charge in [0.1, 0.15) is 4.21 Å². The monoisotopic (exact) mass is 440 g/mol. The van der Waals surface area contributed by atoms with Crippen LogP contribution in [0.2, 0.25) is 0 Å². The summed E-state index contributed by atoms with van der Waals surface area (Å²) in [6, 6.07) is 7.70. The molecule has 0 unspecified atom stereocenters. The van der Waals surface area contributed by atoms with Crippen molar-refractivity contribution in [1.29, 1.82) is 0 Å². The molecule has 28 heavy (non-hydrogen) atoms. The second-order valence-corrected chi connectivity index (χ2v) is 11.0. The number of hydrogen-bond donors (Lipinski definition) is 3. The summed E-state index contributed by atoms with van der Waals surface area (Å²) < 4.78 is 23.1. The van der Waals surface area contributed by atoms with Gasteiger partial charge >= 0.3 is 0 Å². The smallest absolute Gasteiger partial charge is 0.247 e. The molecular formula is C19H28N4O2S3. The van der Waals surface area contributed by atoms with E-state index in [4.69, 9.17) is 5.14 Å². The molecule has 6 nitrogen and oxygen atoms in total. The van der Waals surface area contributed by atoms with Crippen LogP contribution in [0.15, 0.2) is 38.8 Å². The van der Waals surface area contributed by atoms with Gasteiger partial charge in [-0.3, -0.25) is 0 Å². The van der Waals surface area contributed by atoms with Gasteiger partial charge in [0, 0.05) is 28.3 Å². The maximum atomic E-state index is 11.4. The quantitative estimate of drug-likeness (QED) is 0.454. The van der Waals surface area contributed by atoms with Gasteiger partial charge in [0.2, 0.25) is 10.0 Å². The van der Waals surface area contributed by atoms with E-state index in [1.165, 1.54) is 48.3 Å². The van der Waals surface area contributed by atoms with Crippen molar-refractivity contribution < 1.29 is 8.42 Å². The van der Waals surface area contributed by atoms with Gasteiger partial charge < -0.3 is 10.6 Å². The molecule has 9 heteroatoms. The highest BCUT2D eigenvalue weighted by Gasteiger charge is 2.34. The molecule has 2 aromatic heterocycles. The first-order chi connectivity index (χ1) is 13.4. The maximum absolute atomic E-state index is 11.4. The van der Waals surface area contributed by atoms with Gasteiger partial charge in [-0.05, 0) is 43.3 Å². The molecule has 0 radical (unpaired) electrons. The van der Waals surface area contributed by atoms with E-state index < -0.39 is 10.0 Å². The van der Waals surface area contributed by atoms with Crippen LogP contribution >= 0.6 is 22.7 Å². The first-order valence-electron chi connectivity index (χ1n) is 9.61. The fraction of sp³-hybridized carbons (Fsp3) is 0.526. The third kappa shape index (κ3) is 5.34. The molecule has 0 amide bonds. The first-order valence-corrected chi connectivity index (χ1v) is 12.8. The Morgan fingerprint density at radius 2 is 2.00 bits per heavy atom. The lowest BCUT2D eigenvalue weighted by Gasteiger charge is -2.37. The molecule has 2 heterocycles. The van der Waals surface area contributed by atoms with Crippen molar-refractivity contribution in [2.75, 3.05) is 13.1 Å². The number of nitrogens with zero attached hydrogens (tertiary/aromatic N) is 1. The molecule has 2 aromatic rings. The van der Waals surface area contributed by atoms with E-state index in [9.17, 15) is 8.42 Å². The van der Waals surface area contributed by atoms with E-state index in [0.29, 0.717) is 6.54 Å². The van der Waals surface area contributed by atoms with Crippen molar-refractivity contribution in [3.63, 3.8) is 0 Å². The normalized spacial score (nSPS) is 17.4. The minimum absolute atomic E-state index is 0.173. The van der Waals surface area contributed by atoms with Crippen LogP contribution in [0, 0.1) is 0 Å². The van der Waals surface area contributed by atoms with Crippen LogP contribution in [0.5, 0.6) is 0 Å². The molecule has 0 aliphatic heterocycles. The van der Waals surface area contributed by atoms with Crippen LogP contribution in [0.4, 0.5) is 0 Å². The number of sulfonamides is 1. The highest BCUT2D eigenvalue weighted by molar-refractivity contribution is 7.91. The Bertz CT molecular complexity index is 882. The molecule has 0 saturated heterocycles. The van der Waals surface area contributed by atoms with Gasteiger partial charge in [0.15, 0.2) is 5.96 Å². The van der Waals surface area contributed by atoms with Crippen LogP contribution in [0.25, 0.3) is 0 Å². The highest BCUT2D eigenvalue weighted by atomic mass is 32.2. The summed E-state index contributed by atoms with van der Waals surface area (Å²) in [7, 11) is -3.65. The van der Waals surface area contributed by atoms with E-state index in [-0.39, 0.29) is 9.62 Å². The van der Waals surface area contributed by atoms with Crippen LogP contribution in [-0.2, 0) is 22.0 Å².